The zero-order chi connectivity index (χ0) is 15.5. The molecule has 1 aromatic heterocycles. The highest BCUT2D eigenvalue weighted by Gasteiger charge is 2.37. The fourth-order valence-corrected chi connectivity index (χ4v) is 3.22. The monoisotopic (exact) mass is 290 g/mol. The minimum Gasteiger partial charge on any atom is -0.390 e. The lowest BCUT2D eigenvalue weighted by Crippen LogP contribution is -2.50. The predicted molar refractivity (Wildman–Crippen MR) is 87.1 cm³/mol. The van der Waals surface area contributed by atoms with E-state index in [9.17, 15) is 5.11 Å². The van der Waals surface area contributed by atoms with E-state index in [0.717, 1.165) is 44.6 Å². The molecule has 0 amide bonds. The normalized spacial score (nSPS) is 27.2. The second-order valence-electron chi connectivity index (χ2n) is 7.18. The van der Waals surface area contributed by atoms with Crippen LogP contribution in [0, 0.1) is 11.8 Å². The highest BCUT2D eigenvalue weighted by atomic mass is 16.3. The van der Waals surface area contributed by atoms with E-state index < -0.39 is 5.60 Å². The lowest BCUT2D eigenvalue weighted by Gasteiger charge is -2.43. The molecule has 0 radical (unpaired) electrons. The number of hydrogen-bond acceptors (Lipinski definition) is 3. The molecule has 2 heterocycles. The number of nitrogens with zero attached hydrogens (tertiary/aromatic N) is 2. The van der Waals surface area contributed by atoms with Crippen LogP contribution in [-0.2, 0) is 13.0 Å². The Bertz CT molecular complexity index is 439. The summed E-state index contributed by atoms with van der Waals surface area (Å²) in [6, 6.07) is 4.32. The van der Waals surface area contributed by atoms with Gasteiger partial charge in [0.1, 0.15) is 0 Å². The molecule has 1 fully saturated rings. The number of likely N-dealkylation sites (tertiary alicyclic amines) is 1. The molecule has 2 atom stereocenters. The van der Waals surface area contributed by atoms with Gasteiger partial charge >= 0.3 is 0 Å². The molecule has 1 N–H and O–H groups in total. The van der Waals surface area contributed by atoms with Crippen LogP contribution < -0.4 is 0 Å². The van der Waals surface area contributed by atoms with Crippen LogP contribution in [0.5, 0.6) is 0 Å². The molecule has 0 unspecified atom stereocenters. The van der Waals surface area contributed by atoms with Crippen molar-refractivity contribution >= 4 is 0 Å². The summed E-state index contributed by atoms with van der Waals surface area (Å²) in [5, 5.41) is 10.6. The molecule has 21 heavy (non-hydrogen) atoms. The van der Waals surface area contributed by atoms with E-state index in [0.29, 0.717) is 11.8 Å². The van der Waals surface area contributed by atoms with Crippen LogP contribution in [0.1, 0.15) is 51.8 Å². The molecule has 0 aromatic carbocycles. The van der Waals surface area contributed by atoms with Gasteiger partial charge in [0.15, 0.2) is 0 Å². The van der Waals surface area contributed by atoms with Crippen molar-refractivity contribution in [2.24, 2.45) is 11.8 Å². The summed E-state index contributed by atoms with van der Waals surface area (Å²) in [6.45, 7) is 11.5. The lowest BCUT2D eigenvalue weighted by molar-refractivity contribution is -0.0666. The van der Waals surface area contributed by atoms with Crippen molar-refractivity contribution in [1.82, 2.24) is 9.88 Å². The summed E-state index contributed by atoms with van der Waals surface area (Å²) >= 11 is 0. The number of aliphatic hydroxyl groups is 1. The Morgan fingerprint density at radius 1 is 1.43 bits per heavy atom. The van der Waals surface area contributed by atoms with E-state index in [1.807, 2.05) is 13.1 Å². The number of hydrogen-bond donors (Lipinski definition) is 1. The van der Waals surface area contributed by atoms with Gasteiger partial charge in [-0.3, -0.25) is 9.88 Å². The second-order valence-corrected chi connectivity index (χ2v) is 7.18. The quantitative estimate of drug-likeness (QED) is 0.904. The summed E-state index contributed by atoms with van der Waals surface area (Å²) < 4.78 is 0. The predicted octanol–water partition coefficient (Wildman–Crippen LogP) is 3.26. The van der Waals surface area contributed by atoms with Gasteiger partial charge in [-0.2, -0.15) is 0 Å². The van der Waals surface area contributed by atoms with Gasteiger partial charge in [-0.25, -0.2) is 0 Å². The van der Waals surface area contributed by atoms with Crippen LogP contribution in [0.25, 0.3) is 0 Å². The summed E-state index contributed by atoms with van der Waals surface area (Å²) in [6.07, 6.45) is 4.97. The summed E-state index contributed by atoms with van der Waals surface area (Å²) in [7, 11) is 0. The van der Waals surface area contributed by atoms with Crippen molar-refractivity contribution in [2.45, 2.75) is 59.1 Å². The fourth-order valence-electron chi connectivity index (χ4n) is 3.22. The molecule has 118 valence electrons. The topological polar surface area (TPSA) is 36.4 Å². The molecular formula is C18H30N2O. The van der Waals surface area contributed by atoms with Crippen molar-refractivity contribution in [3.05, 3.63) is 29.6 Å². The fraction of sp³-hybridized carbons (Fsp3) is 0.722. The van der Waals surface area contributed by atoms with Gasteiger partial charge < -0.3 is 5.11 Å². The van der Waals surface area contributed by atoms with Crippen molar-refractivity contribution in [2.75, 3.05) is 13.1 Å². The number of piperidine rings is 1. The molecule has 3 nitrogen and oxygen atoms in total. The van der Waals surface area contributed by atoms with Crippen LogP contribution in [-0.4, -0.2) is 33.7 Å². The molecule has 1 aliphatic rings. The van der Waals surface area contributed by atoms with Gasteiger partial charge in [0.2, 0.25) is 0 Å². The maximum absolute atomic E-state index is 10.6. The summed E-state index contributed by atoms with van der Waals surface area (Å²) in [5.41, 5.74) is 1.91. The molecule has 1 saturated heterocycles. The maximum Gasteiger partial charge on any atom is 0.0672 e. The third-order valence-electron chi connectivity index (χ3n) is 4.73. The van der Waals surface area contributed by atoms with Gasteiger partial charge in [0, 0.05) is 31.7 Å². The van der Waals surface area contributed by atoms with E-state index in [4.69, 9.17) is 0 Å². The SMILES string of the molecule is CCc1ccc(CN2CC[C@@](C)(O)[C@@H](CC(C)C)C2)nc1. The standard InChI is InChI=1S/C18H30N2O/c1-5-15-6-7-17(19-11-15)13-20-9-8-18(4,21)16(12-20)10-14(2)3/h6-7,11,14,16,21H,5,8-10,12-13H2,1-4H3/t16-,18+/m0/s1. The number of rotatable bonds is 5. The van der Waals surface area contributed by atoms with Crippen LogP contribution in [0.3, 0.4) is 0 Å². The van der Waals surface area contributed by atoms with Crippen molar-refractivity contribution < 1.29 is 5.11 Å². The molecule has 1 aromatic rings. The molecule has 0 spiro atoms. The maximum atomic E-state index is 10.6. The summed E-state index contributed by atoms with van der Waals surface area (Å²) in [4.78, 5) is 7.01. The van der Waals surface area contributed by atoms with E-state index in [2.05, 4.69) is 42.8 Å². The molecule has 0 bridgehead atoms. The lowest BCUT2D eigenvalue weighted by atomic mass is 9.78. The first-order valence-corrected chi connectivity index (χ1v) is 8.29. The Kier molecular flexibility index (Phi) is 5.39. The number of aromatic nitrogens is 1. The first-order chi connectivity index (χ1) is 9.90. The molecule has 1 aliphatic heterocycles. The zero-order valence-corrected chi connectivity index (χ0v) is 14.0. The van der Waals surface area contributed by atoms with Gasteiger partial charge in [-0.1, -0.05) is 26.8 Å². The highest BCUT2D eigenvalue weighted by Crippen LogP contribution is 2.32. The van der Waals surface area contributed by atoms with Crippen LogP contribution in [0.2, 0.25) is 0 Å². The van der Waals surface area contributed by atoms with Gasteiger partial charge in [0.25, 0.3) is 0 Å². The van der Waals surface area contributed by atoms with Gasteiger partial charge in [0.05, 0.1) is 11.3 Å². The minimum atomic E-state index is -0.514. The first-order valence-electron chi connectivity index (χ1n) is 8.29. The Morgan fingerprint density at radius 2 is 2.19 bits per heavy atom. The van der Waals surface area contributed by atoms with E-state index >= 15 is 0 Å². The largest absolute Gasteiger partial charge is 0.390 e. The van der Waals surface area contributed by atoms with Gasteiger partial charge in [-0.15, -0.1) is 0 Å². The molecular weight excluding hydrogens is 260 g/mol. The van der Waals surface area contributed by atoms with Crippen LogP contribution >= 0.6 is 0 Å². The average molecular weight is 290 g/mol. The number of pyridine rings is 1. The van der Waals surface area contributed by atoms with Crippen molar-refractivity contribution in [3.63, 3.8) is 0 Å². The van der Waals surface area contributed by atoms with E-state index in [1.165, 1.54) is 5.56 Å². The number of aryl methyl sites for hydroxylation is 1. The Morgan fingerprint density at radius 3 is 2.76 bits per heavy atom. The minimum absolute atomic E-state index is 0.362. The second kappa shape index (κ2) is 6.89. The Hall–Kier alpha value is -0.930. The smallest absolute Gasteiger partial charge is 0.0672 e. The van der Waals surface area contributed by atoms with E-state index in [-0.39, 0.29) is 0 Å². The van der Waals surface area contributed by atoms with Crippen LogP contribution in [0.15, 0.2) is 18.3 Å². The van der Waals surface area contributed by atoms with Crippen LogP contribution in [0.4, 0.5) is 0 Å². The summed E-state index contributed by atoms with van der Waals surface area (Å²) in [5.74, 6) is 0.990. The Labute approximate surface area is 129 Å². The van der Waals surface area contributed by atoms with E-state index in [1.54, 1.807) is 0 Å². The molecule has 3 heteroatoms. The first kappa shape index (κ1) is 16.4. The molecule has 0 aliphatic carbocycles. The third-order valence-corrected chi connectivity index (χ3v) is 4.73. The third kappa shape index (κ3) is 4.52. The molecule has 2 rings (SSSR count). The zero-order valence-electron chi connectivity index (χ0n) is 14.0. The highest BCUT2D eigenvalue weighted by molar-refractivity contribution is 5.14. The Balaban J connectivity index is 1.97. The molecule has 0 saturated carbocycles. The van der Waals surface area contributed by atoms with Gasteiger partial charge in [-0.05, 0) is 43.7 Å². The van der Waals surface area contributed by atoms with Crippen molar-refractivity contribution in [1.29, 1.82) is 0 Å². The van der Waals surface area contributed by atoms with Crippen molar-refractivity contribution in [3.8, 4) is 0 Å². The average Bonchev–Trinajstić information content (AvgIpc) is 2.43.